The molecule has 0 spiro atoms. The van der Waals surface area contributed by atoms with E-state index in [0.717, 1.165) is 0 Å². The Morgan fingerprint density at radius 2 is 1.97 bits per heavy atom. The maximum atomic E-state index is 13.6. The topological polar surface area (TPSA) is 49.3 Å². The van der Waals surface area contributed by atoms with Crippen molar-refractivity contribution in [3.8, 4) is 0 Å². The van der Waals surface area contributed by atoms with Crippen molar-refractivity contribution in [3.05, 3.63) is 64.6 Å². The second kappa shape index (κ2) is 8.54. The highest BCUT2D eigenvalue weighted by molar-refractivity contribution is 6.34. The molecule has 0 aliphatic carbocycles. The van der Waals surface area contributed by atoms with E-state index in [1.165, 1.54) is 4.90 Å². The molecule has 1 aliphatic rings. The number of benzene rings is 2. The van der Waals surface area contributed by atoms with Gasteiger partial charge in [0.2, 0.25) is 0 Å². The van der Waals surface area contributed by atoms with Gasteiger partial charge in [0.05, 0.1) is 11.1 Å². The second-order valence-corrected chi connectivity index (χ2v) is 7.54. The molecule has 1 aliphatic heterocycles. The van der Waals surface area contributed by atoms with E-state index >= 15 is 0 Å². The minimum Gasteiger partial charge on any atom is -0.354 e. The van der Waals surface area contributed by atoms with Crippen molar-refractivity contribution in [2.45, 2.75) is 25.1 Å². The van der Waals surface area contributed by atoms with Crippen LogP contribution < -0.4 is 4.90 Å². The smallest absolute Gasteiger partial charge is 0.354 e. The molecule has 32 heavy (non-hydrogen) atoms. The van der Waals surface area contributed by atoms with E-state index in [0.29, 0.717) is 22.9 Å². The molecule has 1 unspecified atom stereocenters. The van der Waals surface area contributed by atoms with Crippen LogP contribution in [-0.2, 0) is 6.18 Å². The van der Waals surface area contributed by atoms with Crippen LogP contribution in [0.2, 0.25) is 5.15 Å². The first-order chi connectivity index (χ1) is 17.1. The predicted octanol–water partition coefficient (Wildman–Crippen LogP) is 5.18. The summed E-state index contributed by atoms with van der Waals surface area (Å²) in [6.45, 7) is -5.61. The van der Waals surface area contributed by atoms with E-state index in [1.807, 2.05) is 0 Å². The summed E-state index contributed by atoms with van der Waals surface area (Å²) in [6, 6.07) is 6.78. The van der Waals surface area contributed by atoms with Crippen molar-refractivity contribution in [2.75, 3.05) is 24.9 Å². The van der Waals surface area contributed by atoms with Crippen LogP contribution in [0.15, 0.2) is 42.5 Å². The molecule has 5 nitrogen and oxygen atoms in total. The molecule has 1 aromatic heterocycles. The molecular weight excluding hydrogens is 448 g/mol. The van der Waals surface area contributed by atoms with Crippen LogP contribution in [0.3, 0.4) is 0 Å². The number of anilines is 1. The molecule has 0 N–H and O–H groups in total. The molecule has 1 saturated heterocycles. The maximum Gasteiger partial charge on any atom is 0.417 e. The van der Waals surface area contributed by atoms with E-state index < -0.39 is 55.0 Å². The number of carbonyl (C=O) groups excluding carboxylic acids is 1. The number of fused-ring (bicyclic) bond motifs is 1. The minimum atomic E-state index is -5.13. The van der Waals surface area contributed by atoms with Crippen LogP contribution in [0.1, 0.15) is 35.6 Å². The molecule has 0 bridgehead atoms. The maximum absolute atomic E-state index is 13.6. The van der Waals surface area contributed by atoms with Gasteiger partial charge in [-0.15, -0.1) is 10.2 Å². The molecule has 2 aromatic carbocycles. The van der Waals surface area contributed by atoms with Crippen LogP contribution in [-0.4, -0.2) is 47.1 Å². The van der Waals surface area contributed by atoms with E-state index in [4.69, 9.17) is 18.5 Å². The van der Waals surface area contributed by atoms with Gasteiger partial charge >= 0.3 is 6.18 Å². The third kappa shape index (κ3) is 4.21. The predicted molar refractivity (Wildman–Crippen MR) is 113 cm³/mol. The molecule has 4 rings (SSSR count). The van der Waals surface area contributed by atoms with Gasteiger partial charge in [-0.05, 0) is 31.0 Å². The van der Waals surface area contributed by atoms with E-state index in [1.54, 1.807) is 24.3 Å². The highest BCUT2D eigenvalue weighted by atomic mass is 35.5. The van der Waals surface area contributed by atoms with Gasteiger partial charge in [-0.1, -0.05) is 35.9 Å². The molecule has 0 radical (unpaired) electrons. The fourth-order valence-corrected chi connectivity index (χ4v) is 3.77. The first-order valence-corrected chi connectivity index (χ1v) is 9.88. The Morgan fingerprint density at radius 1 is 1.22 bits per heavy atom. The molecular formula is C22H19ClF4N4O. The SMILES string of the molecule is [2H]C([2H])([2H])N(C(=O)c1ccc(F)cc1C(F)(F)F)C1CCN(c2nnc(Cl)c3ccccc23)C([2H])([2H])C1. The minimum absolute atomic E-state index is 0.105. The van der Waals surface area contributed by atoms with Gasteiger partial charge in [0.25, 0.3) is 5.91 Å². The average molecular weight is 472 g/mol. The molecule has 168 valence electrons. The summed E-state index contributed by atoms with van der Waals surface area (Å²) in [5.41, 5.74) is -2.65. The van der Waals surface area contributed by atoms with E-state index in [2.05, 4.69) is 10.2 Å². The monoisotopic (exact) mass is 471 g/mol. The van der Waals surface area contributed by atoms with Gasteiger partial charge in [-0.25, -0.2) is 4.39 Å². The Bertz CT molecular complexity index is 1350. The van der Waals surface area contributed by atoms with Crippen molar-refractivity contribution in [1.29, 1.82) is 0 Å². The summed E-state index contributed by atoms with van der Waals surface area (Å²) >= 11 is 6.11. The first-order valence-electron chi connectivity index (χ1n) is 12.0. The molecule has 10 heteroatoms. The Kier molecular flexibility index (Phi) is 4.44. The van der Waals surface area contributed by atoms with Crippen LogP contribution in [0, 0.1) is 5.82 Å². The van der Waals surface area contributed by atoms with Crippen molar-refractivity contribution in [2.24, 2.45) is 0 Å². The van der Waals surface area contributed by atoms with Gasteiger partial charge in [-0.3, -0.25) is 4.79 Å². The summed E-state index contributed by atoms with van der Waals surface area (Å²) in [5.74, 6) is -2.60. The van der Waals surface area contributed by atoms with E-state index in [9.17, 15) is 22.4 Å². The van der Waals surface area contributed by atoms with Gasteiger partial charge < -0.3 is 9.80 Å². The summed E-state index contributed by atoms with van der Waals surface area (Å²) in [5, 5.41) is 9.01. The highest BCUT2D eigenvalue weighted by Crippen LogP contribution is 2.34. The molecule has 1 fully saturated rings. The molecule has 3 aromatic rings. The Labute approximate surface area is 193 Å². The second-order valence-electron chi connectivity index (χ2n) is 7.18. The van der Waals surface area contributed by atoms with Gasteiger partial charge in [0.15, 0.2) is 11.0 Å². The lowest BCUT2D eigenvalue weighted by atomic mass is 10.00. The van der Waals surface area contributed by atoms with Crippen molar-refractivity contribution >= 4 is 34.1 Å². The van der Waals surface area contributed by atoms with Crippen molar-refractivity contribution in [3.63, 3.8) is 0 Å². The number of nitrogens with zero attached hydrogens (tertiary/aromatic N) is 4. The quantitative estimate of drug-likeness (QED) is 0.494. The number of amides is 1. The van der Waals surface area contributed by atoms with Gasteiger partial charge in [0, 0.05) is 43.7 Å². The number of hydrogen-bond donors (Lipinski definition) is 0. The summed E-state index contributed by atoms with van der Waals surface area (Å²) < 4.78 is 95.0. The molecule has 0 saturated carbocycles. The van der Waals surface area contributed by atoms with Crippen LogP contribution >= 0.6 is 11.6 Å². The lowest BCUT2D eigenvalue weighted by Crippen LogP contribution is -2.46. The van der Waals surface area contributed by atoms with Crippen LogP contribution in [0.5, 0.6) is 0 Å². The van der Waals surface area contributed by atoms with Gasteiger partial charge in [-0.2, -0.15) is 13.2 Å². The standard InChI is InChI=1S/C22H19ClF4N4O/c1-30(21(32)17-7-6-13(24)12-18(17)22(25,26)27)14-8-10-31(11-9-14)20-16-5-3-2-4-15(16)19(23)28-29-20/h2-7,12,14H,8-11H2,1H3/i1D3,10D2. The first kappa shape index (κ1) is 16.7. The van der Waals surface area contributed by atoms with Crippen molar-refractivity contribution < 1.29 is 29.2 Å². The normalized spacial score (nSPS) is 21.2. The number of carbonyl (C=O) groups is 1. The summed E-state index contributed by atoms with van der Waals surface area (Å²) in [6.07, 6.45) is -5.79. The van der Waals surface area contributed by atoms with Crippen molar-refractivity contribution in [1.82, 2.24) is 15.1 Å². The molecule has 1 atom stereocenters. The summed E-state index contributed by atoms with van der Waals surface area (Å²) in [7, 11) is 0. The summed E-state index contributed by atoms with van der Waals surface area (Å²) in [4.78, 5) is 14.7. The number of rotatable bonds is 3. The lowest BCUT2D eigenvalue weighted by Gasteiger charge is -2.37. The number of alkyl halides is 3. The fraction of sp³-hybridized carbons (Fsp3) is 0.318. The lowest BCUT2D eigenvalue weighted by molar-refractivity contribution is -0.138. The zero-order valence-corrected chi connectivity index (χ0v) is 17.1. The largest absolute Gasteiger partial charge is 0.417 e. The zero-order chi connectivity index (χ0) is 27.3. The number of halogens is 5. The third-order valence-electron chi connectivity index (χ3n) is 5.18. The number of aromatic nitrogens is 2. The van der Waals surface area contributed by atoms with Crippen LogP contribution in [0.4, 0.5) is 23.4 Å². The Hall–Kier alpha value is -2.94. The molecule has 1 amide bonds. The van der Waals surface area contributed by atoms with Gasteiger partial charge in [0.1, 0.15) is 5.82 Å². The highest BCUT2D eigenvalue weighted by Gasteiger charge is 2.37. The van der Waals surface area contributed by atoms with Crippen LogP contribution in [0.25, 0.3) is 10.8 Å². The molecule has 2 heterocycles. The average Bonchev–Trinajstić information content (AvgIpc) is 2.78. The third-order valence-corrected chi connectivity index (χ3v) is 5.46. The fourth-order valence-electron chi connectivity index (χ4n) is 3.57. The Balaban J connectivity index is 1.71. The van der Waals surface area contributed by atoms with E-state index in [-0.39, 0.29) is 34.9 Å². The zero-order valence-electron chi connectivity index (χ0n) is 21.3. The Morgan fingerprint density at radius 3 is 2.66 bits per heavy atom. The number of piperidine rings is 1. The number of hydrogen-bond acceptors (Lipinski definition) is 4.